The fourth-order valence-electron chi connectivity index (χ4n) is 5.81. The monoisotopic (exact) mass is 508 g/mol. The van der Waals surface area contributed by atoms with Crippen molar-refractivity contribution in [3.05, 3.63) is 90.0 Å². The second-order valence-corrected chi connectivity index (χ2v) is 10.8. The Morgan fingerprint density at radius 2 is 1.63 bits per heavy atom. The molecule has 196 valence electrons. The molecule has 2 aliphatic rings. The molecule has 5 rings (SSSR count). The molecule has 2 heterocycles. The molecular formula is C32H36N4O2. The van der Waals surface area contributed by atoms with E-state index in [1.165, 1.54) is 0 Å². The standard InChI is InChI=1S/C32H36N4O2/c1-19-14-24(33)10-12-26(19)27-13-11-25(15-28(27)20(2)23-8-6-5-7-9-23)36-32-16-29(37)21(3)34-18-31(32)35-22(4)30(38)17-32/h5-15,21-22,31,34-36H,2,16-18,33H2,1,3-4H3/t21-,22-,31?,32?/m0/s1. The maximum Gasteiger partial charge on any atom is 0.151 e. The highest BCUT2D eigenvalue weighted by molar-refractivity contribution is 5.92. The summed E-state index contributed by atoms with van der Waals surface area (Å²) in [6, 6.07) is 21.7. The van der Waals surface area contributed by atoms with Gasteiger partial charge in [0.1, 0.15) is 0 Å². The smallest absolute Gasteiger partial charge is 0.151 e. The second kappa shape index (κ2) is 10.2. The van der Waals surface area contributed by atoms with Crippen LogP contribution in [0.1, 0.15) is 43.4 Å². The Labute approximate surface area is 224 Å². The number of benzene rings is 3. The maximum absolute atomic E-state index is 13.1. The van der Waals surface area contributed by atoms with Crippen molar-refractivity contribution in [2.45, 2.75) is 57.3 Å². The van der Waals surface area contributed by atoms with E-state index in [2.05, 4.69) is 53.7 Å². The van der Waals surface area contributed by atoms with E-state index >= 15 is 0 Å². The maximum atomic E-state index is 13.1. The van der Waals surface area contributed by atoms with E-state index in [-0.39, 0.29) is 36.1 Å². The molecule has 5 N–H and O–H groups in total. The molecule has 0 aromatic heterocycles. The van der Waals surface area contributed by atoms with Crippen LogP contribution in [0.25, 0.3) is 16.7 Å². The summed E-state index contributed by atoms with van der Waals surface area (Å²) in [7, 11) is 0. The summed E-state index contributed by atoms with van der Waals surface area (Å²) in [5.74, 6) is 0.214. The van der Waals surface area contributed by atoms with Crippen molar-refractivity contribution in [3.63, 3.8) is 0 Å². The average molecular weight is 509 g/mol. The third kappa shape index (κ3) is 4.89. The van der Waals surface area contributed by atoms with Crippen LogP contribution in [0.5, 0.6) is 0 Å². The van der Waals surface area contributed by atoms with Gasteiger partial charge >= 0.3 is 0 Å². The third-order valence-corrected chi connectivity index (χ3v) is 8.09. The zero-order chi connectivity index (χ0) is 27.0. The van der Waals surface area contributed by atoms with Crippen molar-refractivity contribution < 1.29 is 9.59 Å². The number of nitrogens with one attached hydrogen (secondary N) is 3. The number of carbonyl (C=O) groups excluding carboxylic acids is 2. The first-order valence-corrected chi connectivity index (χ1v) is 13.2. The number of anilines is 2. The topological polar surface area (TPSA) is 96.2 Å². The van der Waals surface area contributed by atoms with Crippen LogP contribution in [0.4, 0.5) is 11.4 Å². The molecular weight excluding hydrogens is 472 g/mol. The first kappa shape index (κ1) is 25.9. The summed E-state index contributed by atoms with van der Waals surface area (Å²) in [6.45, 7) is 10.9. The molecule has 0 amide bonds. The van der Waals surface area contributed by atoms with Gasteiger partial charge in [-0.15, -0.1) is 0 Å². The van der Waals surface area contributed by atoms with Crippen LogP contribution in [0.15, 0.2) is 73.3 Å². The largest absolute Gasteiger partial charge is 0.399 e. The minimum atomic E-state index is -0.720. The highest BCUT2D eigenvalue weighted by atomic mass is 16.1. The number of nitrogens with two attached hydrogens (primary N) is 1. The van der Waals surface area contributed by atoms with E-state index in [1.54, 1.807) is 0 Å². The average Bonchev–Trinajstić information content (AvgIpc) is 3.00. The van der Waals surface area contributed by atoms with Gasteiger partial charge in [-0.1, -0.05) is 49.0 Å². The predicted octanol–water partition coefficient (Wildman–Crippen LogP) is 4.73. The summed E-state index contributed by atoms with van der Waals surface area (Å²) >= 11 is 0. The highest BCUT2D eigenvalue weighted by Gasteiger charge is 2.49. The summed E-state index contributed by atoms with van der Waals surface area (Å²) in [5, 5.41) is 10.5. The van der Waals surface area contributed by atoms with Gasteiger partial charge in [0, 0.05) is 36.8 Å². The number of rotatable bonds is 5. The Kier molecular flexibility index (Phi) is 6.95. The second-order valence-electron chi connectivity index (χ2n) is 10.8. The van der Waals surface area contributed by atoms with E-state index in [4.69, 9.17) is 5.73 Å². The van der Waals surface area contributed by atoms with Crippen LogP contribution in [-0.2, 0) is 9.59 Å². The Hall–Kier alpha value is -3.74. The summed E-state index contributed by atoms with van der Waals surface area (Å²) in [5.41, 5.74) is 13.0. The molecule has 2 fully saturated rings. The molecule has 2 saturated heterocycles. The number of ketones is 2. The van der Waals surface area contributed by atoms with Crippen LogP contribution < -0.4 is 21.7 Å². The van der Waals surface area contributed by atoms with Gasteiger partial charge in [-0.05, 0) is 78.4 Å². The summed E-state index contributed by atoms with van der Waals surface area (Å²) < 4.78 is 0. The lowest BCUT2D eigenvalue weighted by Gasteiger charge is -2.46. The molecule has 0 aliphatic carbocycles. The molecule has 0 bridgehead atoms. The van der Waals surface area contributed by atoms with Crippen molar-refractivity contribution >= 4 is 28.5 Å². The number of fused-ring (bicyclic) bond motifs is 1. The summed E-state index contributed by atoms with van der Waals surface area (Å²) in [6.07, 6.45) is 0.560. The minimum Gasteiger partial charge on any atom is -0.399 e. The number of hydrogen-bond donors (Lipinski definition) is 4. The quantitative estimate of drug-likeness (QED) is 0.372. The van der Waals surface area contributed by atoms with Gasteiger partial charge in [-0.25, -0.2) is 0 Å². The molecule has 6 nitrogen and oxygen atoms in total. The lowest BCUT2D eigenvalue weighted by atomic mass is 9.76. The molecule has 3 aromatic carbocycles. The Morgan fingerprint density at radius 1 is 0.947 bits per heavy atom. The van der Waals surface area contributed by atoms with Gasteiger partial charge in [0.2, 0.25) is 0 Å². The molecule has 3 aromatic rings. The number of hydrogen-bond acceptors (Lipinski definition) is 6. The lowest BCUT2D eigenvalue weighted by molar-refractivity contribution is -0.125. The van der Waals surface area contributed by atoms with Gasteiger partial charge in [-0.3, -0.25) is 9.59 Å². The van der Waals surface area contributed by atoms with Crippen molar-refractivity contribution in [3.8, 4) is 11.1 Å². The normalized spacial score (nSPS) is 25.4. The molecule has 6 heteroatoms. The van der Waals surface area contributed by atoms with Crippen LogP contribution in [0.3, 0.4) is 0 Å². The van der Waals surface area contributed by atoms with Crippen LogP contribution in [0.2, 0.25) is 0 Å². The number of aryl methyl sites for hydroxylation is 1. The van der Waals surface area contributed by atoms with Crippen LogP contribution >= 0.6 is 0 Å². The van der Waals surface area contributed by atoms with E-state index in [1.807, 2.05) is 56.3 Å². The molecule has 2 aliphatic heterocycles. The van der Waals surface area contributed by atoms with Gasteiger partial charge in [0.15, 0.2) is 11.6 Å². The number of nitrogen functional groups attached to an aromatic ring is 1. The fourth-order valence-corrected chi connectivity index (χ4v) is 5.81. The highest BCUT2D eigenvalue weighted by Crippen LogP contribution is 2.38. The van der Waals surface area contributed by atoms with Gasteiger partial charge < -0.3 is 21.7 Å². The van der Waals surface area contributed by atoms with Crippen LogP contribution in [0, 0.1) is 6.92 Å². The first-order valence-electron chi connectivity index (χ1n) is 13.2. The zero-order valence-electron chi connectivity index (χ0n) is 22.3. The molecule has 38 heavy (non-hydrogen) atoms. The number of piperidine rings is 1. The molecule has 4 atom stereocenters. The Morgan fingerprint density at radius 3 is 2.34 bits per heavy atom. The van der Waals surface area contributed by atoms with Crippen molar-refractivity contribution in [2.24, 2.45) is 0 Å². The van der Waals surface area contributed by atoms with E-state index in [9.17, 15) is 9.59 Å². The molecule has 0 spiro atoms. The number of carbonyl (C=O) groups is 2. The van der Waals surface area contributed by atoms with E-state index in [0.717, 1.165) is 44.8 Å². The van der Waals surface area contributed by atoms with Crippen molar-refractivity contribution in [1.82, 2.24) is 10.6 Å². The van der Waals surface area contributed by atoms with Gasteiger partial charge in [-0.2, -0.15) is 0 Å². The van der Waals surface area contributed by atoms with E-state index in [0.29, 0.717) is 13.0 Å². The van der Waals surface area contributed by atoms with Crippen molar-refractivity contribution in [1.29, 1.82) is 0 Å². The lowest BCUT2D eigenvalue weighted by Crippen LogP contribution is -2.67. The van der Waals surface area contributed by atoms with E-state index < -0.39 is 5.54 Å². The first-order chi connectivity index (χ1) is 18.2. The van der Waals surface area contributed by atoms with Crippen molar-refractivity contribution in [2.75, 3.05) is 17.6 Å². The molecule has 0 saturated carbocycles. The van der Waals surface area contributed by atoms with Gasteiger partial charge in [0.05, 0.1) is 17.6 Å². The molecule has 0 radical (unpaired) electrons. The Bertz CT molecular complexity index is 1400. The fraction of sp³-hybridized carbons (Fsp3) is 0.312. The third-order valence-electron chi connectivity index (χ3n) is 8.09. The number of Topliss-reactive ketones (excluding diaryl/α,β-unsaturated/α-hetero) is 2. The SMILES string of the molecule is C=C(c1ccccc1)c1cc(NC23CC(=O)[C@H](C)NCC2N[C@@H](C)C(=O)C3)ccc1-c1ccc(N)cc1C. The Balaban J connectivity index is 1.60. The minimum absolute atomic E-state index is 0.0797. The molecule has 2 unspecified atom stereocenters. The zero-order valence-corrected chi connectivity index (χ0v) is 22.3. The summed E-state index contributed by atoms with van der Waals surface area (Å²) in [4.78, 5) is 26.0. The predicted molar refractivity (Wildman–Crippen MR) is 155 cm³/mol. The van der Waals surface area contributed by atoms with Gasteiger partial charge in [0.25, 0.3) is 0 Å². The van der Waals surface area contributed by atoms with Crippen LogP contribution in [-0.4, -0.2) is 41.8 Å².